The summed E-state index contributed by atoms with van der Waals surface area (Å²) in [5.41, 5.74) is 1.81. The highest BCUT2D eigenvalue weighted by Crippen LogP contribution is 2.41. The first-order chi connectivity index (χ1) is 16.7. The molecule has 3 atom stereocenters. The summed E-state index contributed by atoms with van der Waals surface area (Å²) in [6, 6.07) is 22.2. The average molecular weight is 457 g/mol. The van der Waals surface area contributed by atoms with Gasteiger partial charge in [-0.15, -0.1) is 0 Å². The third-order valence-electron chi connectivity index (χ3n) is 5.77. The zero-order valence-corrected chi connectivity index (χ0v) is 19.2. The van der Waals surface area contributed by atoms with Gasteiger partial charge in [0.25, 0.3) is 0 Å². The molecule has 1 saturated heterocycles. The Labute approximate surface area is 200 Å². The van der Waals surface area contributed by atoms with Gasteiger partial charge in [0.2, 0.25) is 5.60 Å². The fourth-order valence-corrected chi connectivity index (χ4v) is 4.15. The molecule has 0 amide bonds. The van der Waals surface area contributed by atoms with Crippen LogP contribution in [-0.4, -0.2) is 42.0 Å². The van der Waals surface area contributed by atoms with Crippen LogP contribution < -0.4 is 0 Å². The molecule has 0 saturated carbocycles. The van der Waals surface area contributed by atoms with Crippen molar-refractivity contribution in [3.63, 3.8) is 0 Å². The summed E-state index contributed by atoms with van der Waals surface area (Å²) in [6.45, 7) is 7.03. The number of hydrogen-bond donors (Lipinski definition) is 0. The van der Waals surface area contributed by atoms with Gasteiger partial charge in [-0.3, -0.25) is 0 Å². The van der Waals surface area contributed by atoms with Crippen LogP contribution in [0.2, 0.25) is 0 Å². The normalized spacial score (nSPS) is 24.4. The molecule has 0 bridgehead atoms. The number of aliphatic imine (C=N–C) groups is 1. The van der Waals surface area contributed by atoms with E-state index in [0.29, 0.717) is 37.6 Å². The topological polar surface area (TPSA) is 79.4 Å². The predicted octanol–water partition coefficient (Wildman–Crippen LogP) is 4.59. The molecule has 4 rings (SSSR count). The molecular weight excluding hydrogens is 428 g/mol. The molecule has 2 aromatic carbocycles. The summed E-state index contributed by atoms with van der Waals surface area (Å²) in [7, 11) is 0. The van der Waals surface area contributed by atoms with E-state index in [-0.39, 0.29) is 6.10 Å². The predicted molar refractivity (Wildman–Crippen MR) is 131 cm³/mol. The number of nitriles is 1. The van der Waals surface area contributed by atoms with Gasteiger partial charge in [-0.25, -0.2) is 10.0 Å². The fraction of sp³-hybridized carbons (Fsp3) is 0.296. The summed E-state index contributed by atoms with van der Waals surface area (Å²) < 4.78 is 18.7. The third kappa shape index (κ3) is 5.15. The standard InChI is InChI=1S/C27H28N4O3/c1-3-25(31-21(2)15-29-20-30-31)27(19-28)26(33-17-23-12-8-5-9-13-23)14-24(34-27)18-32-16-22-10-6-4-7-11-22/h3-13,15,20,24,26H,2,14,16-18H2,1H3. The van der Waals surface area contributed by atoms with E-state index in [1.807, 2.05) is 73.7 Å². The molecule has 1 fully saturated rings. The average Bonchev–Trinajstić information content (AvgIpc) is 3.24. The lowest BCUT2D eigenvalue weighted by Gasteiger charge is -2.35. The molecule has 7 heteroatoms. The van der Waals surface area contributed by atoms with Gasteiger partial charge < -0.3 is 14.2 Å². The van der Waals surface area contributed by atoms with Crippen molar-refractivity contribution in [2.75, 3.05) is 6.61 Å². The first-order valence-electron chi connectivity index (χ1n) is 11.2. The van der Waals surface area contributed by atoms with Crippen LogP contribution in [0.5, 0.6) is 0 Å². The van der Waals surface area contributed by atoms with Gasteiger partial charge in [0, 0.05) is 6.42 Å². The Kier molecular flexibility index (Phi) is 7.65. The number of hydrogen-bond acceptors (Lipinski definition) is 7. The van der Waals surface area contributed by atoms with Gasteiger partial charge in [-0.2, -0.15) is 10.4 Å². The monoisotopic (exact) mass is 456 g/mol. The van der Waals surface area contributed by atoms with Gasteiger partial charge in [0.1, 0.15) is 18.5 Å². The molecule has 2 aromatic rings. The molecule has 0 spiro atoms. The molecule has 34 heavy (non-hydrogen) atoms. The van der Waals surface area contributed by atoms with Gasteiger partial charge in [-0.05, 0) is 18.1 Å². The fourth-order valence-electron chi connectivity index (χ4n) is 4.15. The maximum Gasteiger partial charge on any atom is 0.222 e. The van der Waals surface area contributed by atoms with Gasteiger partial charge in [-0.1, -0.05) is 73.3 Å². The smallest absolute Gasteiger partial charge is 0.222 e. The van der Waals surface area contributed by atoms with E-state index in [9.17, 15) is 5.26 Å². The zero-order valence-electron chi connectivity index (χ0n) is 19.2. The number of nitrogens with zero attached hydrogens (tertiary/aromatic N) is 4. The lowest BCUT2D eigenvalue weighted by atomic mass is 9.92. The quantitative estimate of drug-likeness (QED) is 0.552. The molecule has 174 valence electrons. The van der Waals surface area contributed by atoms with E-state index < -0.39 is 11.7 Å². The van der Waals surface area contributed by atoms with E-state index >= 15 is 0 Å². The van der Waals surface area contributed by atoms with Crippen molar-refractivity contribution < 1.29 is 14.2 Å². The maximum absolute atomic E-state index is 10.4. The van der Waals surface area contributed by atoms with Crippen LogP contribution in [0.1, 0.15) is 24.5 Å². The Hall–Kier alpha value is -3.57. The van der Waals surface area contributed by atoms with E-state index in [0.717, 1.165) is 11.1 Å². The number of ether oxygens (including phenoxy) is 3. The highest BCUT2D eigenvalue weighted by atomic mass is 16.6. The van der Waals surface area contributed by atoms with E-state index in [2.05, 4.69) is 22.7 Å². The summed E-state index contributed by atoms with van der Waals surface area (Å²) in [6.07, 6.45) is 4.47. The van der Waals surface area contributed by atoms with Gasteiger partial charge in [0.15, 0.2) is 0 Å². The SMILES string of the molecule is C=C1C=NC=NN1C(=CC)C1(C#N)OC(COCc2ccccc2)CC1OCc1ccccc1. The van der Waals surface area contributed by atoms with Crippen LogP contribution in [0, 0.1) is 11.3 Å². The van der Waals surface area contributed by atoms with Crippen LogP contribution in [0.3, 0.4) is 0 Å². The minimum atomic E-state index is -1.38. The maximum atomic E-state index is 10.4. The number of benzene rings is 2. The van der Waals surface area contributed by atoms with Crippen molar-refractivity contribution in [3.8, 4) is 6.07 Å². The highest BCUT2D eigenvalue weighted by molar-refractivity contribution is 5.86. The second kappa shape index (κ2) is 11.0. The first-order valence-corrected chi connectivity index (χ1v) is 11.2. The molecule has 2 aliphatic rings. The first kappa shape index (κ1) is 23.6. The highest BCUT2D eigenvalue weighted by Gasteiger charge is 2.55. The van der Waals surface area contributed by atoms with Crippen LogP contribution in [0.25, 0.3) is 0 Å². The summed E-state index contributed by atoms with van der Waals surface area (Å²) in [5.74, 6) is 0. The Morgan fingerprint density at radius 2 is 1.85 bits per heavy atom. The Bertz CT molecular complexity index is 1110. The zero-order chi connectivity index (χ0) is 23.8. The molecule has 0 radical (unpaired) electrons. The minimum absolute atomic E-state index is 0.324. The molecule has 0 aliphatic carbocycles. The Balaban J connectivity index is 1.54. The molecule has 0 aromatic heterocycles. The number of rotatable bonds is 9. The summed E-state index contributed by atoms with van der Waals surface area (Å²) in [5, 5.41) is 16.4. The van der Waals surface area contributed by atoms with Crippen LogP contribution in [-0.2, 0) is 27.4 Å². The van der Waals surface area contributed by atoms with Crippen molar-refractivity contribution in [2.45, 2.75) is 44.4 Å². The molecule has 2 heterocycles. The third-order valence-corrected chi connectivity index (χ3v) is 5.77. The van der Waals surface area contributed by atoms with E-state index in [1.54, 1.807) is 11.2 Å². The lowest BCUT2D eigenvalue weighted by Crippen LogP contribution is -2.46. The van der Waals surface area contributed by atoms with Crippen LogP contribution >= 0.6 is 0 Å². The molecule has 2 aliphatic heterocycles. The van der Waals surface area contributed by atoms with Crippen molar-refractivity contribution in [2.24, 2.45) is 10.1 Å². The van der Waals surface area contributed by atoms with Crippen molar-refractivity contribution >= 4 is 12.6 Å². The second-order valence-electron chi connectivity index (χ2n) is 8.10. The Morgan fingerprint density at radius 1 is 1.18 bits per heavy atom. The van der Waals surface area contributed by atoms with E-state index in [4.69, 9.17) is 14.2 Å². The summed E-state index contributed by atoms with van der Waals surface area (Å²) in [4.78, 5) is 4.02. The largest absolute Gasteiger partial charge is 0.374 e. The lowest BCUT2D eigenvalue weighted by molar-refractivity contribution is -0.0764. The van der Waals surface area contributed by atoms with Crippen LogP contribution in [0.4, 0.5) is 0 Å². The van der Waals surface area contributed by atoms with Gasteiger partial charge >= 0.3 is 0 Å². The minimum Gasteiger partial charge on any atom is -0.374 e. The molecular formula is C27H28N4O3. The molecule has 7 nitrogen and oxygen atoms in total. The van der Waals surface area contributed by atoms with Crippen LogP contribution in [0.15, 0.2) is 94.8 Å². The number of hydrazone groups is 1. The molecule has 3 unspecified atom stereocenters. The summed E-state index contributed by atoms with van der Waals surface area (Å²) >= 11 is 0. The van der Waals surface area contributed by atoms with E-state index in [1.165, 1.54) is 6.34 Å². The number of allylic oxidation sites excluding steroid dienone is 2. The molecule has 0 N–H and O–H groups in total. The van der Waals surface area contributed by atoms with Crippen molar-refractivity contribution in [3.05, 3.63) is 95.8 Å². The second-order valence-corrected chi connectivity index (χ2v) is 8.10. The van der Waals surface area contributed by atoms with Crippen molar-refractivity contribution in [1.82, 2.24) is 5.01 Å². The Morgan fingerprint density at radius 3 is 2.47 bits per heavy atom. The van der Waals surface area contributed by atoms with Gasteiger partial charge in [0.05, 0.1) is 43.5 Å². The van der Waals surface area contributed by atoms with Crippen molar-refractivity contribution in [1.29, 1.82) is 5.26 Å².